The molecule has 0 atom stereocenters. The van der Waals surface area contributed by atoms with Crippen LogP contribution in [0, 0.1) is 22.6 Å². The van der Waals surface area contributed by atoms with Gasteiger partial charge in [0, 0.05) is 51.9 Å². The maximum Gasteiger partial charge on any atom is 0.331 e. The fourth-order valence-electron chi connectivity index (χ4n) is 5.60. The van der Waals surface area contributed by atoms with Crippen LogP contribution >= 0.6 is 22.9 Å². The Kier molecular flexibility index (Phi) is 6.82. The van der Waals surface area contributed by atoms with Crippen LogP contribution in [-0.2, 0) is 19.6 Å². The van der Waals surface area contributed by atoms with E-state index in [0.717, 1.165) is 63.4 Å². The summed E-state index contributed by atoms with van der Waals surface area (Å²) in [5.74, 6) is -0.965. The predicted molar refractivity (Wildman–Crippen MR) is 155 cm³/mol. The van der Waals surface area contributed by atoms with Crippen molar-refractivity contribution in [1.29, 1.82) is 5.26 Å². The summed E-state index contributed by atoms with van der Waals surface area (Å²) < 4.78 is 19.4. The first-order chi connectivity index (χ1) is 19.3. The highest BCUT2D eigenvalue weighted by molar-refractivity contribution is 7.19. The van der Waals surface area contributed by atoms with Gasteiger partial charge in [-0.1, -0.05) is 11.6 Å². The van der Waals surface area contributed by atoms with Crippen molar-refractivity contribution >= 4 is 44.1 Å². The molecular weight excluding hydrogens is 551 g/mol. The average molecular weight is 577 g/mol. The van der Waals surface area contributed by atoms with Crippen LogP contribution < -0.4 is 16.6 Å². The summed E-state index contributed by atoms with van der Waals surface area (Å²) >= 11 is 7.99. The predicted octanol–water partition coefficient (Wildman–Crippen LogP) is 5.00. The molecule has 1 aliphatic rings. The van der Waals surface area contributed by atoms with Crippen LogP contribution in [0.15, 0.2) is 58.5 Å². The normalized spacial score (nSPS) is 15.1. The Hall–Kier alpha value is -3.78. The molecule has 0 unspecified atom stereocenters. The van der Waals surface area contributed by atoms with Crippen LogP contribution in [-0.4, -0.2) is 31.8 Å². The molecule has 1 N–H and O–H groups in total. The summed E-state index contributed by atoms with van der Waals surface area (Å²) in [6.45, 7) is 4.10. The van der Waals surface area contributed by atoms with E-state index in [0.29, 0.717) is 22.0 Å². The third-order valence-electron chi connectivity index (χ3n) is 7.70. The van der Waals surface area contributed by atoms with Gasteiger partial charge in [-0.3, -0.25) is 18.9 Å². The Bertz CT molecular complexity index is 1930. The third kappa shape index (κ3) is 4.54. The van der Waals surface area contributed by atoms with Gasteiger partial charge >= 0.3 is 5.69 Å². The zero-order valence-corrected chi connectivity index (χ0v) is 23.4. The van der Waals surface area contributed by atoms with Gasteiger partial charge in [0.2, 0.25) is 5.82 Å². The molecule has 1 aromatic carbocycles. The maximum absolute atomic E-state index is 14.3. The fourth-order valence-corrected chi connectivity index (χ4v) is 6.96. The van der Waals surface area contributed by atoms with Crippen molar-refractivity contribution in [2.45, 2.75) is 39.4 Å². The molecule has 6 rings (SSSR count). The van der Waals surface area contributed by atoms with Crippen molar-refractivity contribution in [3.63, 3.8) is 0 Å². The summed E-state index contributed by atoms with van der Waals surface area (Å²) in [4.78, 5) is 30.5. The van der Waals surface area contributed by atoms with Crippen LogP contribution in [0.1, 0.15) is 24.6 Å². The van der Waals surface area contributed by atoms with E-state index in [2.05, 4.69) is 20.9 Å². The second-order valence-corrected chi connectivity index (χ2v) is 11.8. The molecule has 5 heterocycles. The number of nitrogens with zero attached hydrogens (tertiary/aromatic N) is 5. The topological polar surface area (TPSA) is 97.6 Å². The van der Waals surface area contributed by atoms with E-state index in [-0.39, 0.29) is 13.1 Å². The monoisotopic (exact) mass is 576 g/mol. The number of benzene rings is 1. The Balaban J connectivity index is 1.48. The molecule has 0 saturated carbocycles. The summed E-state index contributed by atoms with van der Waals surface area (Å²) in [7, 11) is 0. The summed E-state index contributed by atoms with van der Waals surface area (Å²) in [6.07, 6.45) is 6.23. The van der Waals surface area contributed by atoms with Crippen LogP contribution in [0.25, 0.3) is 32.2 Å². The molecule has 8 nitrogen and oxygen atoms in total. The molecule has 0 aliphatic carbocycles. The number of thiophene rings is 1. The Morgan fingerprint density at radius 2 is 1.98 bits per heavy atom. The first kappa shape index (κ1) is 26.4. The lowest BCUT2D eigenvalue weighted by Crippen LogP contribution is -2.41. The van der Waals surface area contributed by atoms with Crippen LogP contribution in [0.2, 0.25) is 5.02 Å². The quantitative estimate of drug-likeness (QED) is 0.307. The van der Waals surface area contributed by atoms with Gasteiger partial charge in [0.05, 0.1) is 40.0 Å². The molecule has 1 fully saturated rings. The standard InChI is InChI=1S/C29H26ClFN6O2S/c1-2-35-15-23(31)27(38)37(28(35)39)14-20-13-24-26(40-20)21(3-7-34-24)22-12-19(30)11-18-4-10-36(25(18)22)17-29(16-32)5-8-33-9-6-29/h3-4,7,10-13,15,33H,2,5-6,8-9,14,17H2,1H3. The minimum atomic E-state index is -0.965. The summed E-state index contributed by atoms with van der Waals surface area (Å²) in [5.41, 5.74) is 1.54. The maximum atomic E-state index is 14.3. The number of nitrogens with one attached hydrogen (secondary N) is 1. The van der Waals surface area contributed by atoms with E-state index >= 15 is 0 Å². The van der Waals surface area contributed by atoms with E-state index < -0.39 is 22.5 Å². The molecule has 11 heteroatoms. The number of halogens is 2. The number of hydrogen-bond acceptors (Lipinski definition) is 6. The van der Waals surface area contributed by atoms with Crippen molar-refractivity contribution in [3.8, 4) is 17.2 Å². The molecule has 1 saturated heterocycles. The number of aryl methyl sites for hydroxylation is 1. The SMILES string of the molecule is CCn1cc(F)c(=O)n(Cc2cc3nccc(-c4cc(Cl)cc5ccn(CC6(C#N)CCNCC6)c45)c3s2)c1=O. The summed E-state index contributed by atoms with van der Waals surface area (Å²) in [5, 5.41) is 15.0. The molecule has 0 radical (unpaired) electrons. The van der Waals surface area contributed by atoms with Crippen molar-refractivity contribution in [2.75, 3.05) is 13.1 Å². The lowest BCUT2D eigenvalue weighted by atomic mass is 9.80. The van der Waals surface area contributed by atoms with Crippen LogP contribution in [0.5, 0.6) is 0 Å². The van der Waals surface area contributed by atoms with E-state index in [4.69, 9.17) is 11.6 Å². The largest absolute Gasteiger partial charge is 0.345 e. The van der Waals surface area contributed by atoms with Crippen molar-refractivity contribution in [3.05, 3.63) is 85.5 Å². The molecule has 1 aliphatic heterocycles. The third-order valence-corrected chi connectivity index (χ3v) is 9.06. The van der Waals surface area contributed by atoms with Crippen LogP contribution in [0.4, 0.5) is 4.39 Å². The Morgan fingerprint density at radius 1 is 1.18 bits per heavy atom. The molecule has 4 aromatic heterocycles. The molecule has 0 bridgehead atoms. The highest BCUT2D eigenvalue weighted by Crippen LogP contribution is 2.40. The number of nitriles is 1. The second-order valence-electron chi connectivity index (χ2n) is 10.2. The smallest absolute Gasteiger partial charge is 0.331 e. The lowest BCUT2D eigenvalue weighted by molar-refractivity contribution is 0.247. The van der Waals surface area contributed by atoms with E-state index in [1.807, 2.05) is 36.5 Å². The molecule has 5 aromatic rings. The van der Waals surface area contributed by atoms with Gasteiger partial charge in [-0.25, -0.2) is 4.79 Å². The lowest BCUT2D eigenvalue weighted by Gasteiger charge is -2.32. The number of fused-ring (bicyclic) bond motifs is 2. The highest BCUT2D eigenvalue weighted by atomic mass is 35.5. The molecule has 204 valence electrons. The Labute approximate surface area is 237 Å². The first-order valence-corrected chi connectivity index (χ1v) is 14.3. The molecule has 40 heavy (non-hydrogen) atoms. The fraction of sp³-hybridized carbons (Fsp3) is 0.310. The van der Waals surface area contributed by atoms with Crippen LogP contribution in [0.3, 0.4) is 0 Å². The molecule has 0 spiro atoms. The van der Waals surface area contributed by atoms with Gasteiger partial charge in [0.25, 0.3) is 5.56 Å². The zero-order chi connectivity index (χ0) is 28.0. The minimum absolute atomic E-state index is 0.0596. The van der Waals surface area contributed by atoms with Gasteiger partial charge in [-0.15, -0.1) is 11.3 Å². The number of hydrogen-bond donors (Lipinski definition) is 1. The number of aromatic nitrogens is 4. The molecular formula is C29H26ClFN6O2S. The van der Waals surface area contributed by atoms with Crippen molar-refractivity contribution in [1.82, 2.24) is 24.0 Å². The average Bonchev–Trinajstić information content (AvgIpc) is 3.56. The molecule has 0 amide bonds. The second kappa shape index (κ2) is 10.3. The Morgan fingerprint density at radius 3 is 2.73 bits per heavy atom. The van der Waals surface area contributed by atoms with Gasteiger partial charge in [0.15, 0.2) is 0 Å². The van der Waals surface area contributed by atoms with Gasteiger partial charge in [-0.05, 0) is 63.2 Å². The number of pyridine rings is 1. The van der Waals surface area contributed by atoms with Gasteiger partial charge in [-0.2, -0.15) is 9.65 Å². The first-order valence-electron chi connectivity index (χ1n) is 13.1. The van der Waals surface area contributed by atoms with Crippen molar-refractivity contribution in [2.24, 2.45) is 5.41 Å². The van der Waals surface area contributed by atoms with E-state index in [9.17, 15) is 19.2 Å². The number of piperidine rings is 1. The zero-order valence-electron chi connectivity index (χ0n) is 21.8. The van der Waals surface area contributed by atoms with Gasteiger partial charge in [0.1, 0.15) is 0 Å². The van der Waals surface area contributed by atoms with E-state index in [1.165, 1.54) is 15.9 Å². The minimum Gasteiger partial charge on any atom is -0.345 e. The van der Waals surface area contributed by atoms with Crippen molar-refractivity contribution < 1.29 is 4.39 Å². The number of rotatable bonds is 6. The van der Waals surface area contributed by atoms with Gasteiger partial charge < -0.3 is 9.88 Å². The highest BCUT2D eigenvalue weighted by Gasteiger charge is 2.33. The van der Waals surface area contributed by atoms with E-state index in [1.54, 1.807) is 13.1 Å². The summed E-state index contributed by atoms with van der Waals surface area (Å²) in [6, 6.07) is 12.2.